The summed E-state index contributed by atoms with van der Waals surface area (Å²) in [6.45, 7) is 0.0453. The van der Waals surface area contributed by atoms with Crippen molar-refractivity contribution in [1.29, 1.82) is 0 Å². The summed E-state index contributed by atoms with van der Waals surface area (Å²) in [5.74, 6) is 0.523. The summed E-state index contributed by atoms with van der Waals surface area (Å²) >= 11 is 2.75. The maximum absolute atomic E-state index is 13.8. The fourth-order valence-corrected chi connectivity index (χ4v) is 6.66. The van der Waals surface area contributed by atoms with Gasteiger partial charge in [0, 0.05) is 6.42 Å². The quantitative estimate of drug-likeness (QED) is 0.177. The van der Waals surface area contributed by atoms with E-state index in [1.807, 2.05) is 41.8 Å². The topological polar surface area (TPSA) is 111 Å². The number of aromatic nitrogens is 3. The average molecular weight is 657 g/mol. The van der Waals surface area contributed by atoms with Crippen LogP contribution >= 0.6 is 23.1 Å². The molecule has 234 valence electrons. The zero-order chi connectivity index (χ0) is 32.0. The molecule has 0 bridgehead atoms. The standard InChI is InChI=1S/C33H29FN6O4S2/c1-43-27-10-5-3-8-23(27)32(42)35-19-30-36-37-33(39(30)25-9-4-6-11-28(25)44-2)46-20-31(41)40-26(21-13-15-22(34)16-14-21)18-24(38-40)29-12-7-17-45-29/h3-17,26H,18-20H2,1-2H3,(H,35,42). The van der Waals surface area contributed by atoms with Gasteiger partial charge in [0.15, 0.2) is 11.0 Å². The molecule has 1 N–H and O–H groups in total. The highest BCUT2D eigenvalue weighted by molar-refractivity contribution is 7.99. The average Bonchev–Trinajstić information content (AvgIpc) is 3.87. The van der Waals surface area contributed by atoms with Gasteiger partial charge in [-0.3, -0.25) is 14.2 Å². The molecule has 1 aliphatic heterocycles. The normalized spacial score (nSPS) is 14.2. The lowest BCUT2D eigenvalue weighted by molar-refractivity contribution is -0.130. The molecular formula is C33H29FN6O4S2. The molecule has 0 saturated carbocycles. The number of amides is 2. The zero-order valence-electron chi connectivity index (χ0n) is 24.9. The predicted octanol–water partition coefficient (Wildman–Crippen LogP) is 5.89. The van der Waals surface area contributed by atoms with E-state index in [-0.39, 0.29) is 36.0 Å². The van der Waals surface area contributed by atoms with Crippen molar-refractivity contribution in [3.8, 4) is 17.2 Å². The Kier molecular flexibility index (Phi) is 9.41. The molecule has 3 heterocycles. The van der Waals surface area contributed by atoms with E-state index in [2.05, 4.69) is 15.5 Å². The molecule has 5 aromatic rings. The molecule has 6 rings (SSSR count). The van der Waals surface area contributed by atoms with E-state index in [1.54, 1.807) is 59.4 Å². The molecule has 0 aliphatic carbocycles. The summed E-state index contributed by atoms with van der Waals surface area (Å²) in [4.78, 5) is 27.8. The number of rotatable bonds is 11. The van der Waals surface area contributed by atoms with E-state index in [1.165, 1.54) is 36.0 Å². The third-order valence-corrected chi connectivity index (χ3v) is 9.17. The summed E-state index contributed by atoms with van der Waals surface area (Å²) in [6, 6.07) is 24.0. The first-order valence-corrected chi connectivity index (χ1v) is 16.1. The summed E-state index contributed by atoms with van der Waals surface area (Å²) < 4.78 is 26.5. The highest BCUT2D eigenvalue weighted by atomic mass is 32.2. The van der Waals surface area contributed by atoms with E-state index >= 15 is 0 Å². The third-order valence-electron chi connectivity index (χ3n) is 7.34. The largest absolute Gasteiger partial charge is 0.496 e. The van der Waals surface area contributed by atoms with Gasteiger partial charge in [0.25, 0.3) is 11.8 Å². The van der Waals surface area contributed by atoms with Crippen LogP contribution < -0.4 is 14.8 Å². The number of nitrogens with zero attached hydrogens (tertiary/aromatic N) is 5. The minimum atomic E-state index is -0.376. The second-order valence-corrected chi connectivity index (χ2v) is 12.0. The molecule has 46 heavy (non-hydrogen) atoms. The first kappa shape index (κ1) is 31.0. The molecule has 10 nitrogen and oxygen atoms in total. The molecule has 0 radical (unpaired) electrons. The molecule has 0 spiro atoms. The second-order valence-electron chi connectivity index (χ2n) is 10.1. The molecule has 1 unspecified atom stereocenters. The highest BCUT2D eigenvalue weighted by Crippen LogP contribution is 2.35. The fraction of sp³-hybridized carbons (Fsp3) is 0.182. The number of ether oxygens (including phenoxy) is 2. The number of halogens is 1. The van der Waals surface area contributed by atoms with Gasteiger partial charge in [0.2, 0.25) is 0 Å². The van der Waals surface area contributed by atoms with E-state index in [9.17, 15) is 14.0 Å². The van der Waals surface area contributed by atoms with Crippen molar-refractivity contribution in [3.05, 3.63) is 118 Å². The van der Waals surface area contributed by atoms with Crippen LogP contribution in [0.5, 0.6) is 11.5 Å². The molecule has 13 heteroatoms. The van der Waals surface area contributed by atoms with Crippen LogP contribution in [-0.4, -0.2) is 57.3 Å². The van der Waals surface area contributed by atoms with Crippen molar-refractivity contribution in [2.24, 2.45) is 5.10 Å². The van der Waals surface area contributed by atoms with E-state index < -0.39 is 0 Å². The zero-order valence-corrected chi connectivity index (χ0v) is 26.6. The molecule has 1 atom stereocenters. The summed E-state index contributed by atoms with van der Waals surface area (Å²) in [5.41, 5.74) is 2.63. The summed E-state index contributed by atoms with van der Waals surface area (Å²) in [5, 5.41) is 20.2. The molecule has 2 aromatic heterocycles. The summed E-state index contributed by atoms with van der Waals surface area (Å²) in [6.07, 6.45) is 0.510. The van der Waals surface area contributed by atoms with Gasteiger partial charge >= 0.3 is 0 Å². The number of carbonyl (C=O) groups excluding carboxylic acids is 2. The number of thiophene rings is 1. The Morgan fingerprint density at radius 2 is 1.70 bits per heavy atom. The van der Waals surface area contributed by atoms with Crippen LogP contribution in [0.2, 0.25) is 0 Å². The van der Waals surface area contributed by atoms with Gasteiger partial charge in [-0.15, -0.1) is 21.5 Å². The first-order chi connectivity index (χ1) is 22.5. The highest BCUT2D eigenvalue weighted by Gasteiger charge is 2.34. The van der Waals surface area contributed by atoms with Crippen LogP contribution in [0.3, 0.4) is 0 Å². The van der Waals surface area contributed by atoms with Crippen LogP contribution in [0.25, 0.3) is 5.69 Å². The van der Waals surface area contributed by atoms with Crippen LogP contribution in [0.4, 0.5) is 4.39 Å². The Hall–Kier alpha value is -5.01. The second kappa shape index (κ2) is 14.0. The number of benzene rings is 3. The van der Waals surface area contributed by atoms with Crippen molar-refractivity contribution in [1.82, 2.24) is 25.1 Å². The van der Waals surface area contributed by atoms with Crippen molar-refractivity contribution in [2.45, 2.75) is 24.2 Å². The maximum atomic E-state index is 13.8. The van der Waals surface area contributed by atoms with Crippen molar-refractivity contribution in [2.75, 3.05) is 20.0 Å². The van der Waals surface area contributed by atoms with E-state index in [0.29, 0.717) is 40.2 Å². The van der Waals surface area contributed by atoms with Gasteiger partial charge in [-0.2, -0.15) is 5.10 Å². The van der Waals surface area contributed by atoms with Crippen molar-refractivity contribution in [3.63, 3.8) is 0 Å². The van der Waals surface area contributed by atoms with Gasteiger partial charge in [0.05, 0.1) is 54.4 Å². The van der Waals surface area contributed by atoms with Crippen LogP contribution in [0.1, 0.15) is 39.1 Å². The first-order valence-electron chi connectivity index (χ1n) is 14.3. The molecule has 3 aromatic carbocycles. The van der Waals surface area contributed by atoms with Gasteiger partial charge in [-0.05, 0) is 53.4 Å². The Morgan fingerprint density at radius 3 is 2.43 bits per heavy atom. The summed E-state index contributed by atoms with van der Waals surface area (Å²) in [7, 11) is 3.07. The number of hydrogen-bond donors (Lipinski definition) is 1. The smallest absolute Gasteiger partial charge is 0.255 e. The molecule has 0 fully saturated rings. The molecule has 2 amide bonds. The maximum Gasteiger partial charge on any atom is 0.255 e. The van der Waals surface area contributed by atoms with Gasteiger partial charge in [0.1, 0.15) is 17.3 Å². The van der Waals surface area contributed by atoms with Gasteiger partial charge in [-0.25, -0.2) is 9.40 Å². The minimum Gasteiger partial charge on any atom is -0.496 e. The third kappa shape index (κ3) is 6.51. The lowest BCUT2D eigenvalue weighted by Crippen LogP contribution is -2.28. The van der Waals surface area contributed by atoms with E-state index in [4.69, 9.17) is 14.6 Å². The van der Waals surface area contributed by atoms with Gasteiger partial charge < -0.3 is 14.8 Å². The Bertz CT molecular complexity index is 1880. The fourth-order valence-electron chi connectivity index (χ4n) is 5.12. The van der Waals surface area contributed by atoms with Crippen LogP contribution in [-0.2, 0) is 11.3 Å². The number of thioether (sulfide) groups is 1. The number of hydrazone groups is 1. The Labute approximate surface area is 272 Å². The van der Waals surface area contributed by atoms with Crippen molar-refractivity contribution >= 4 is 40.6 Å². The number of para-hydroxylation sites is 3. The van der Waals surface area contributed by atoms with Gasteiger partial charge in [-0.1, -0.05) is 54.2 Å². The molecule has 0 saturated heterocycles. The monoisotopic (exact) mass is 656 g/mol. The Morgan fingerprint density at radius 1 is 0.957 bits per heavy atom. The van der Waals surface area contributed by atoms with Crippen molar-refractivity contribution < 1.29 is 23.5 Å². The Balaban J connectivity index is 1.26. The van der Waals surface area contributed by atoms with E-state index in [0.717, 1.165) is 16.2 Å². The SMILES string of the molecule is COc1ccccc1C(=O)NCc1nnc(SCC(=O)N2N=C(c3cccs3)CC2c2ccc(F)cc2)n1-c1ccccc1OC. The number of hydrogen-bond acceptors (Lipinski definition) is 9. The lowest BCUT2D eigenvalue weighted by atomic mass is 10.0. The number of carbonyl (C=O) groups is 2. The predicted molar refractivity (Wildman–Crippen MR) is 174 cm³/mol. The minimum absolute atomic E-state index is 0.000227. The molecular weight excluding hydrogens is 628 g/mol. The number of nitrogens with one attached hydrogen (secondary N) is 1. The van der Waals surface area contributed by atoms with Crippen LogP contribution in [0, 0.1) is 5.82 Å². The van der Waals surface area contributed by atoms with Crippen LogP contribution in [0.15, 0.2) is 101 Å². The lowest BCUT2D eigenvalue weighted by Gasteiger charge is -2.22. The number of methoxy groups -OCH3 is 2. The molecule has 1 aliphatic rings.